The van der Waals surface area contributed by atoms with Gasteiger partial charge in [-0.2, -0.15) is 0 Å². The zero-order valence-corrected chi connectivity index (χ0v) is 13.4. The van der Waals surface area contributed by atoms with E-state index in [4.69, 9.17) is 4.43 Å². The van der Waals surface area contributed by atoms with E-state index in [-0.39, 0.29) is 1.43 Å². The van der Waals surface area contributed by atoms with Crippen LogP contribution in [-0.2, 0) is 0 Å². The highest BCUT2D eigenvalue weighted by Crippen LogP contribution is 2.29. The van der Waals surface area contributed by atoms with Gasteiger partial charge < -0.3 is 4.43 Å². The van der Waals surface area contributed by atoms with E-state index in [9.17, 15) is 0 Å². The van der Waals surface area contributed by atoms with Crippen molar-refractivity contribution in [1.82, 2.24) is 9.97 Å². The fraction of sp³-hybridized carbons (Fsp3) is 0.267. The second-order valence-electron chi connectivity index (χ2n) is 4.93. The Balaban J connectivity index is 0.00000220. The standard InChI is InChI=1S/C15H19N3OSi/c1-11-5-6-15(19-20(3)4)13(9-11)18-12(2)14-10-16-7-8-17-14/h5-10,20H,1-4H3/p+1. The van der Waals surface area contributed by atoms with Gasteiger partial charge in [0.15, 0.2) is 0 Å². The molecule has 4 nitrogen and oxygen atoms in total. The van der Waals surface area contributed by atoms with Crippen LogP contribution in [0.1, 0.15) is 19.6 Å². The summed E-state index contributed by atoms with van der Waals surface area (Å²) in [5.74, 6) is 0.848. The van der Waals surface area contributed by atoms with Gasteiger partial charge in [0.1, 0.15) is 17.1 Å². The molecule has 1 heterocycles. The third-order valence-corrected chi connectivity index (χ3v) is 3.42. The largest absolute Gasteiger partial charge is 1.00 e. The minimum atomic E-state index is -1.16. The van der Waals surface area contributed by atoms with Crippen molar-refractivity contribution >= 4 is 20.4 Å². The molecule has 1 aromatic carbocycles. The van der Waals surface area contributed by atoms with E-state index in [1.54, 1.807) is 18.6 Å². The van der Waals surface area contributed by atoms with Crippen LogP contribution >= 0.6 is 0 Å². The average Bonchev–Trinajstić information content (AvgIpc) is 2.42. The number of rotatable bonds is 4. The topological polar surface area (TPSA) is 47.4 Å². The summed E-state index contributed by atoms with van der Waals surface area (Å²) in [6, 6.07) is 6.07. The van der Waals surface area contributed by atoms with Crippen LogP contribution in [0, 0.1) is 6.92 Å². The maximum Gasteiger partial charge on any atom is 1.00 e. The number of benzene rings is 1. The molecule has 0 bridgehead atoms. The van der Waals surface area contributed by atoms with E-state index in [1.807, 2.05) is 32.0 Å². The smallest absolute Gasteiger partial charge is 0.546 e. The number of hydrogen-bond donors (Lipinski definition) is 0. The van der Waals surface area contributed by atoms with Crippen molar-refractivity contribution in [3.05, 3.63) is 48.0 Å². The van der Waals surface area contributed by atoms with Gasteiger partial charge in [0, 0.05) is 12.4 Å². The Bertz CT molecular complexity index is 618. The number of hydrogen-bond acceptors (Lipinski definition) is 4. The van der Waals surface area contributed by atoms with Crippen LogP contribution in [0.4, 0.5) is 5.69 Å². The van der Waals surface area contributed by atoms with Gasteiger partial charge in [0.05, 0.1) is 11.9 Å². The molecule has 0 N–H and O–H groups in total. The molecule has 2 rings (SSSR count). The van der Waals surface area contributed by atoms with Gasteiger partial charge in [-0.1, -0.05) is 6.07 Å². The molecule has 0 amide bonds. The van der Waals surface area contributed by atoms with Crippen molar-refractivity contribution in [3.63, 3.8) is 0 Å². The fourth-order valence-electron chi connectivity index (χ4n) is 1.79. The van der Waals surface area contributed by atoms with E-state index in [0.717, 1.165) is 28.4 Å². The summed E-state index contributed by atoms with van der Waals surface area (Å²) in [4.78, 5) is 13.0. The van der Waals surface area contributed by atoms with E-state index in [0.29, 0.717) is 0 Å². The molecule has 1 aromatic heterocycles. The highest BCUT2D eigenvalue weighted by molar-refractivity contribution is 6.49. The second kappa shape index (κ2) is 6.43. The fourth-order valence-corrected chi connectivity index (χ4v) is 2.50. The van der Waals surface area contributed by atoms with Gasteiger partial charge in [-0.05, 0) is 44.6 Å². The summed E-state index contributed by atoms with van der Waals surface area (Å²) in [7, 11) is -1.16. The summed E-state index contributed by atoms with van der Waals surface area (Å²) in [5, 5.41) is 0. The minimum absolute atomic E-state index is 0. The third kappa shape index (κ3) is 3.74. The molecule has 0 aliphatic heterocycles. The Labute approximate surface area is 122 Å². The molecular formula is C15H20N3OSi+. The first kappa shape index (κ1) is 14.4. The molecule has 20 heavy (non-hydrogen) atoms. The zero-order valence-electron chi connectivity index (χ0n) is 13.3. The van der Waals surface area contributed by atoms with E-state index >= 15 is 0 Å². The molecule has 0 radical (unpaired) electrons. The normalized spacial score (nSPS) is 11.8. The van der Waals surface area contributed by atoms with E-state index in [1.165, 1.54) is 0 Å². The van der Waals surface area contributed by atoms with Gasteiger partial charge in [-0.3, -0.25) is 9.97 Å². The van der Waals surface area contributed by atoms with Gasteiger partial charge in [-0.25, -0.2) is 4.99 Å². The predicted molar refractivity (Wildman–Crippen MR) is 85.7 cm³/mol. The van der Waals surface area contributed by atoms with Crippen LogP contribution in [0.2, 0.25) is 13.1 Å². The van der Waals surface area contributed by atoms with Crippen molar-refractivity contribution in [2.75, 3.05) is 0 Å². The molecule has 0 fully saturated rings. The highest BCUT2D eigenvalue weighted by Gasteiger charge is 2.07. The van der Waals surface area contributed by atoms with Crippen LogP contribution in [0.3, 0.4) is 0 Å². The Kier molecular flexibility index (Phi) is 4.63. The number of aryl methyl sites for hydroxylation is 1. The monoisotopic (exact) mass is 286 g/mol. The summed E-state index contributed by atoms with van der Waals surface area (Å²) < 4.78 is 5.93. The lowest BCUT2D eigenvalue weighted by Gasteiger charge is -2.13. The minimum Gasteiger partial charge on any atom is -0.546 e. The van der Waals surface area contributed by atoms with Crippen molar-refractivity contribution in [1.29, 1.82) is 0 Å². The number of aromatic nitrogens is 2. The van der Waals surface area contributed by atoms with Crippen LogP contribution in [0.15, 0.2) is 41.8 Å². The van der Waals surface area contributed by atoms with Gasteiger partial charge in [-0.15, -0.1) is 0 Å². The molecule has 0 atom stereocenters. The summed E-state index contributed by atoms with van der Waals surface area (Å²) >= 11 is 0. The molecule has 5 heteroatoms. The molecule has 0 saturated carbocycles. The lowest BCUT2D eigenvalue weighted by Crippen LogP contribution is -2.11. The van der Waals surface area contributed by atoms with E-state index < -0.39 is 9.04 Å². The second-order valence-corrected chi connectivity index (χ2v) is 7.26. The van der Waals surface area contributed by atoms with Crippen LogP contribution in [0.5, 0.6) is 5.75 Å². The van der Waals surface area contributed by atoms with Gasteiger partial charge in [0.25, 0.3) is 0 Å². The summed E-state index contributed by atoms with van der Waals surface area (Å²) in [6.45, 7) is 8.27. The summed E-state index contributed by atoms with van der Waals surface area (Å²) in [5.41, 5.74) is 3.63. The molecule has 104 valence electrons. The van der Waals surface area contributed by atoms with Crippen molar-refractivity contribution < 1.29 is 5.85 Å². The molecular weight excluding hydrogens is 266 g/mol. The highest BCUT2D eigenvalue weighted by atomic mass is 28.3. The number of nitrogens with zero attached hydrogens (tertiary/aromatic N) is 3. The molecule has 0 saturated heterocycles. The van der Waals surface area contributed by atoms with Crippen molar-refractivity contribution in [2.45, 2.75) is 26.9 Å². The molecule has 0 aliphatic rings. The average molecular weight is 286 g/mol. The van der Waals surface area contributed by atoms with Crippen LogP contribution in [0.25, 0.3) is 0 Å². The van der Waals surface area contributed by atoms with Crippen LogP contribution in [-0.4, -0.2) is 24.7 Å². The lowest BCUT2D eigenvalue weighted by molar-refractivity contribution is 0.582. The molecule has 0 spiro atoms. The molecule has 2 aromatic rings. The molecule has 0 unspecified atom stereocenters. The summed E-state index contributed by atoms with van der Waals surface area (Å²) in [6.07, 6.45) is 5.04. The van der Waals surface area contributed by atoms with Crippen LogP contribution < -0.4 is 4.43 Å². The lowest BCUT2D eigenvalue weighted by atomic mass is 10.2. The van der Waals surface area contributed by atoms with Crippen molar-refractivity contribution in [2.24, 2.45) is 4.99 Å². The maximum absolute atomic E-state index is 5.93. The third-order valence-electron chi connectivity index (χ3n) is 2.70. The van der Waals surface area contributed by atoms with E-state index in [2.05, 4.69) is 28.1 Å². The Hall–Kier alpha value is -2.01. The van der Waals surface area contributed by atoms with Crippen molar-refractivity contribution in [3.8, 4) is 5.75 Å². The van der Waals surface area contributed by atoms with Gasteiger partial charge in [0.2, 0.25) is 9.04 Å². The Morgan fingerprint density at radius 2 is 2.10 bits per heavy atom. The number of aliphatic imine (C=N–C) groups is 1. The Morgan fingerprint density at radius 3 is 2.75 bits per heavy atom. The predicted octanol–water partition coefficient (Wildman–Crippen LogP) is 3.40. The quantitative estimate of drug-likeness (QED) is 0.639. The SMILES string of the molecule is CC(=Nc1cc(C)ccc1O[SiH](C)C)c1cnccn1.[H+]. The first-order chi connectivity index (χ1) is 9.56. The molecule has 0 aliphatic carbocycles. The Morgan fingerprint density at radius 1 is 1.30 bits per heavy atom. The first-order valence-electron chi connectivity index (χ1n) is 6.65. The zero-order chi connectivity index (χ0) is 14.5. The maximum atomic E-state index is 5.93. The first-order valence-corrected chi connectivity index (χ1v) is 9.43. The van der Waals surface area contributed by atoms with Gasteiger partial charge >= 0.3 is 1.43 Å².